The molecule has 0 saturated heterocycles. The first-order chi connectivity index (χ1) is 5.77. The molecule has 0 fully saturated rings. The zero-order valence-electron chi connectivity index (χ0n) is 6.70. The molecule has 1 aromatic rings. The highest BCUT2D eigenvalue weighted by Gasteiger charge is 2.17. The molecule has 12 heavy (non-hydrogen) atoms. The van der Waals surface area contributed by atoms with E-state index in [1.807, 2.05) is 30.3 Å². The molecule has 2 heteroatoms. The Kier molecular flexibility index (Phi) is 1.47. The van der Waals surface area contributed by atoms with Gasteiger partial charge in [-0.2, -0.15) is 0 Å². The molecule has 0 spiro atoms. The quantitative estimate of drug-likeness (QED) is 0.588. The monoisotopic (exact) mass is 160 g/mol. The van der Waals surface area contributed by atoms with Gasteiger partial charge in [0.2, 0.25) is 0 Å². The Morgan fingerprint density at radius 1 is 1.33 bits per heavy atom. The van der Waals surface area contributed by atoms with E-state index < -0.39 is 0 Å². The van der Waals surface area contributed by atoms with E-state index in [4.69, 9.17) is 4.74 Å². The summed E-state index contributed by atoms with van der Waals surface area (Å²) < 4.78 is 4.93. The van der Waals surface area contributed by atoms with Crippen LogP contribution in [-0.4, -0.2) is 5.97 Å². The Labute approximate surface area is 70.5 Å². The highest BCUT2D eigenvalue weighted by molar-refractivity contribution is 5.95. The van der Waals surface area contributed by atoms with Crippen molar-refractivity contribution in [1.29, 1.82) is 0 Å². The van der Waals surface area contributed by atoms with Gasteiger partial charge in [-0.05, 0) is 11.6 Å². The molecule has 0 N–H and O–H groups in total. The lowest BCUT2D eigenvalue weighted by Gasteiger charge is -2.17. The predicted octanol–water partition coefficient (Wildman–Crippen LogP) is 2.06. The number of esters is 1. The van der Waals surface area contributed by atoms with Gasteiger partial charge in [-0.25, -0.2) is 0 Å². The van der Waals surface area contributed by atoms with Crippen LogP contribution in [0.5, 0.6) is 0 Å². The minimum Gasteiger partial charge on any atom is -0.426 e. The van der Waals surface area contributed by atoms with Crippen LogP contribution in [0.25, 0.3) is 11.8 Å². The number of fused-ring (bicyclic) bond motifs is 1. The second-order valence-corrected chi connectivity index (χ2v) is 2.69. The molecule has 0 aromatic heterocycles. The molecule has 2 rings (SSSR count). The van der Waals surface area contributed by atoms with Crippen LogP contribution >= 0.6 is 0 Å². The minimum absolute atomic E-state index is 0.268. The summed E-state index contributed by atoms with van der Waals surface area (Å²) in [6, 6.07) is 7.81. The topological polar surface area (TPSA) is 26.3 Å². The Hall–Kier alpha value is -1.57. The highest BCUT2D eigenvalue weighted by atomic mass is 16.5. The molecule has 0 unspecified atom stereocenters. The first kappa shape index (κ1) is 7.10. The molecule has 0 amide bonds. The molecule has 2 nitrogen and oxygen atoms in total. The van der Waals surface area contributed by atoms with Crippen molar-refractivity contribution < 1.29 is 9.53 Å². The van der Waals surface area contributed by atoms with Gasteiger partial charge in [0.05, 0.1) is 0 Å². The van der Waals surface area contributed by atoms with E-state index in [2.05, 4.69) is 0 Å². The number of benzene rings is 1. The smallest absolute Gasteiger partial charge is 0.308 e. The Morgan fingerprint density at radius 3 is 2.75 bits per heavy atom. The molecular weight excluding hydrogens is 152 g/mol. The van der Waals surface area contributed by atoms with Crippen molar-refractivity contribution in [3.63, 3.8) is 0 Å². The fourth-order valence-electron chi connectivity index (χ4n) is 1.23. The van der Waals surface area contributed by atoms with E-state index in [1.165, 1.54) is 6.92 Å². The van der Waals surface area contributed by atoms with E-state index >= 15 is 0 Å². The van der Waals surface area contributed by atoms with Crippen molar-refractivity contribution in [2.75, 3.05) is 0 Å². The number of hydrogen-bond donors (Lipinski definition) is 0. The van der Waals surface area contributed by atoms with E-state index in [1.54, 1.807) is 0 Å². The van der Waals surface area contributed by atoms with Gasteiger partial charge in [-0.15, -0.1) is 0 Å². The van der Waals surface area contributed by atoms with E-state index in [0.29, 0.717) is 5.76 Å². The van der Waals surface area contributed by atoms with Crippen molar-refractivity contribution in [3.8, 4) is 0 Å². The predicted molar refractivity (Wildman–Crippen MR) is 46.1 cm³/mol. The van der Waals surface area contributed by atoms with Crippen LogP contribution in [0, 0.1) is 0 Å². The summed E-state index contributed by atoms with van der Waals surface area (Å²) in [6.45, 7) is 1.40. The third-order valence-electron chi connectivity index (χ3n) is 1.77. The Bertz CT molecular complexity index is 364. The number of rotatable bonds is 1. The van der Waals surface area contributed by atoms with E-state index in [9.17, 15) is 4.79 Å². The Balaban J connectivity index is 2.22. The Morgan fingerprint density at radius 2 is 2.08 bits per heavy atom. The molecule has 0 aliphatic heterocycles. The summed E-state index contributed by atoms with van der Waals surface area (Å²) in [6.07, 6.45) is 1.86. The van der Waals surface area contributed by atoms with Crippen LogP contribution in [0.4, 0.5) is 0 Å². The lowest BCUT2D eigenvalue weighted by atomic mass is 9.96. The summed E-state index contributed by atoms with van der Waals surface area (Å²) >= 11 is 0. The van der Waals surface area contributed by atoms with Gasteiger partial charge in [0, 0.05) is 12.5 Å². The van der Waals surface area contributed by atoms with E-state index in [-0.39, 0.29) is 5.97 Å². The molecule has 0 bridgehead atoms. The number of hydrogen-bond acceptors (Lipinski definition) is 2. The van der Waals surface area contributed by atoms with Gasteiger partial charge in [0.15, 0.2) is 0 Å². The maximum atomic E-state index is 10.6. The average Bonchev–Trinajstić information content (AvgIpc) is 2.00. The third-order valence-corrected chi connectivity index (χ3v) is 1.77. The molecule has 60 valence electrons. The van der Waals surface area contributed by atoms with E-state index in [0.717, 1.165) is 11.1 Å². The van der Waals surface area contributed by atoms with Crippen molar-refractivity contribution in [1.82, 2.24) is 0 Å². The van der Waals surface area contributed by atoms with Gasteiger partial charge in [-0.1, -0.05) is 24.3 Å². The SMILES string of the molecule is CC(=O)OC1=Cc2ccccc21. The molecule has 0 saturated carbocycles. The lowest BCUT2D eigenvalue weighted by molar-refractivity contribution is -0.134. The van der Waals surface area contributed by atoms with Crippen molar-refractivity contribution in [3.05, 3.63) is 35.4 Å². The second kappa shape index (κ2) is 2.48. The molecule has 1 aliphatic carbocycles. The summed E-state index contributed by atoms with van der Waals surface area (Å²) in [5.74, 6) is 0.411. The first-order valence-electron chi connectivity index (χ1n) is 3.77. The largest absolute Gasteiger partial charge is 0.426 e. The highest BCUT2D eigenvalue weighted by Crippen LogP contribution is 2.32. The minimum atomic E-state index is -0.268. The van der Waals surface area contributed by atoms with Crippen LogP contribution in [0.15, 0.2) is 24.3 Å². The fraction of sp³-hybridized carbons (Fsp3) is 0.100. The van der Waals surface area contributed by atoms with Gasteiger partial charge >= 0.3 is 5.97 Å². The van der Waals surface area contributed by atoms with Crippen molar-refractivity contribution in [2.24, 2.45) is 0 Å². The maximum absolute atomic E-state index is 10.6. The van der Waals surface area contributed by atoms with Crippen LogP contribution < -0.4 is 0 Å². The molecule has 0 atom stereocenters. The summed E-state index contributed by atoms with van der Waals surface area (Å²) in [5, 5.41) is 0. The lowest BCUT2D eigenvalue weighted by Crippen LogP contribution is -2.05. The number of ether oxygens (including phenoxy) is 1. The number of carbonyl (C=O) groups excluding carboxylic acids is 1. The van der Waals surface area contributed by atoms with Gasteiger partial charge in [0.1, 0.15) is 5.76 Å². The normalized spacial score (nSPS) is 12.6. The van der Waals surface area contributed by atoms with Crippen LogP contribution in [-0.2, 0) is 9.53 Å². The molecule has 0 radical (unpaired) electrons. The van der Waals surface area contributed by atoms with Crippen LogP contribution in [0.2, 0.25) is 0 Å². The molecular formula is C10H8O2. The molecule has 1 aromatic carbocycles. The summed E-state index contributed by atoms with van der Waals surface area (Å²) in [7, 11) is 0. The number of carbonyl (C=O) groups is 1. The average molecular weight is 160 g/mol. The van der Waals surface area contributed by atoms with Gasteiger partial charge in [0.25, 0.3) is 0 Å². The zero-order chi connectivity index (χ0) is 8.55. The third kappa shape index (κ3) is 1.01. The van der Waals surface area contributed by atoms with Crippen molar-refractivity contribution >= 4 is 17.8 Å². The zero-order valence-corrected chi connectivity index (χ0v) is 6.70. The standard InChI is InChI=1S/C10H8O2/c1-7(11)12-10-6-8-4-2-3-5-9(8)10/h2-6H,1H3. The second-order valence-electron chi connectivity index (χ2n) is 2.69. The molecule has 1 aliphatic rings. The summed E-state index contributed by atoms with van der Waals surface area (Å²) in [5.41, 5.74) is 2.15. The first-order valence-corrected chi connectivity index (χ1v) is 3.77. The van der Waals surface area contributed by atoms with Crippen molar-refractivity contribution in [2.45, 2.75) is 6.92 Å². The van der Waals surface area contributed by atoms with Crippen LogP contribution in [0.3, 0.4) is 0 Å². The van der Waals surface area contributed by atoms with Gasteiger partial charge < -0.3 is 4.74 Å². The maximum Gasteiger partial charge on any atom is 0.308 e. The van der Waals surface area contributed by atoms with Crippen LogP contribution in [0.1, 0.15) is 18.1 Å². The molecule has 0 heterocycles. The van der Waals surface area contributed by atoms with Gasteiger partial charge in [-0.3, -0.25) is 4.79 Å². The summed E-state index contributed by atoms with van der Waals surface area (Å²) in [4.78, 5) is 10.6. The fourth-order valence-corrected chi connectivity index (χ4v) is 1.23.